The summed E-state index contributed by atoms with van der Waals surface area (Å²) < 4.78 is 36.9. The third kappa shape index (κ3) is 4.22. The maximum absolute atomic E-state index is 12.3. The Kier molecular flexibility index (Phi) is 4.16. The van der Waals surface area contributed by atoms with Crippen molar-refractivity contribution in [3.05, 3.63) is 21.9 Å². The van der Waals surface area contributed by atoms with Gasteiger partial charge in [0.15, 0.2) is 0 Å². The molecule has 0 bridgehead atoms. The zero-order valence-electron chi connectivity index (χ0n) is 8.69. The van der Waals surface area contributed by atoms with E-state index in [9.17, 15) is 13.2 Å². The van der Waals surface area contributed by atoms with Crippen LogP contribution in [0.4, 0.5) is 13.2 Å². The van der Waals surface area contributed by atoms with Crippen molar-refractivity contribution in [3.63, 3.8) is 0 Å². The third-order valence-electron chi connectivity index (χ3n) is 1.99. The summed E-state index contributed by atoms with van der Waals surface area (Å²) in [4.78, 5) is 1.79. The first-order valence-corrected chi connectivity index (χ1v) is 5.60. The summed E-state index contributed by atoms with van der Waals surface area (Å²) in [6, 6.07) is 3.01. The van der Waals surface area contributed by atoms with Crippen molar-refractivity contribution in [1.82, 2.24) is 5.32 Å². The van der Waals surface area contributed by atoms with Gasteiger partial charge in [0.1, 0.15) is 0 Å². The molecule has 1 nitrogen and oxygen atoms in total. The van der Waals surface area contributed by atoms with Crippen LogP contribution in [-0.2, 0) is 0 Å². The Hall–Kier alpha value is -0.550. The first kappa shape index (κ1) is 12.5. The molecule has 1 atom stereocenters. The van der Waals surface area contributed by atoms with E-state index >= 15 is 0 Å². The van der Waals surface area contributed by atoms with E-state index in [4.69, 9.17) is 0 Å². The van der Waals surface area contributed by atoms with Crippen molar-refractivity contribution in [3.8, 4) is 0 Å². The van der Waals surface area contributed by atoms with E-state index in [1.54, 1.807) is 6.07 Å². The molecule has 0 fully saturated rings. The molecular formula is C10H14F3NS. The van der Waals surface area contributed by atoms with E-state index in [-0.39, 0.29) is 0 Å². The van der Waals surface area contributed by atoms with Gasteiger partial charge in [0.25, 0.3) is 0 Å². The predicted octanol–water partition coefficient (Wildman–Crippen LogP) is 3.66. The minimum atomic E-state index is -4.12. The van der Waals surface area contributed by atoms with Crippen LogP contribution in [0.3, 0.4) is 0 Å². The first-order valence-electron chi connectivity index (χ1n) is 4.79. The number of hydrogen-bond donors (Lipinski definition) is 1. The molecule has 0 aromatic carbocycles. The normalized spacial score (nSPS) is 14.2. The summed E-state index contributed by atoms with van der Waals surface area (Å²) in [7, 11) is 0. The first-order chi connectivity index (χ1) is 6.92. The molecule has 0 amide bonds. The zero-order chi connectivity index (χ0) is 11.5. The SMILES string of the molecule is CCNC(CC(F)(F)F)c1ccc(C)s1. The van der Waals surface area contributed by atoms with Gasteiger partial charge >= 0.3 is 6.18 Å². The lowest BCUT2D eigenvalue weighted by atomic mass is 10.1. The van der Waals surface area contributed by atoms with Crippen LogP contribution in [0, 0.1) is 6.92 Å². The van der Waals surface area contributed by atoms with Crippen LogP contribution in [0.5, 0.6) is 0 Å². The summed E-state index contributed by atoms with van der Waals surface area (Å²) in [6.45, 7) is 4.24. The fourth-order valence-electron chi connectivity index (χ4n) is 1.39. The molecule has 1 aromatic heterocycles. The summed E-state index contributed by atoms with van der Waals surface area (Å²) in [6.07, 6.45) is -4.93. The van der Waals surface area contributed by atoms with Crippen molar-refractivity contribution in [2.75, 3.05) is 6.54 Å². The second kappa shape index (κ2) is 4.99. The largest absolute Gasteiger partial charge is 0.390 e. The highest BCUT2D eigenvalue weighted by atomic mass is 32.1. The highest BCUT2D eigenvalue weighted by Crippen LogP contribution is 2.32. The Bertz CT molecular complexity index is 306. The fourth-order valence-corrected chi connectivity index (χ4v) is 2.34. The van der Waals surface area contributed by atoms with Gasteiger partial charge in [-0.3, -0.25) is 0 Å². The maximum atomic E-state index is 12.3. The van der Waals surface area contributed by atoms with Gasteiger partial charge in [-0.25, -0.2) is 0 Å². The smallest absolute Gasteiger partial charge is 0.309 e. The second-order valence-electron chi connectivity index (χ2n) is 3.38. The fraction of sp³-hybridized carbons (Fsp3) is 0.600. The van der Waals surface area contributed by atoms with Gasteiger partial charge in [0, 0.05) is 9.75 Å². The van der Waals surface area contributed by atoms with Gasteiger partial charge in [-0.2, -0.15) is 13.2 Å². The number of hydrogen-bond acceptors (Lipinski definition) is 2. The molecule has 1 rings (SSSR count). The molecule has 0 saturated heterocycles. The van der Waals surface area contributed by atoms with E-state index in [1.807, 2.05) is 19.9 Å². The van der Waals surface area contributed by atoms with Gasteiger partial charge in [0.2, 0.25) is 0 Å². The van der Waals surface area contributed by atoms with Crippen LogP contribution in [0.2, 0.25) is 0 Å². The molecule has 0 radical (unpaired) electrons. The molecule has 1 aromatic rings. The van der Waals surface area contributed by atoms with Gasteiger partial charge in [-0.15, -0.1) is 11.3 Å². The van der Waals surface area contributed by atoms with E-state index in [1.165, 1.54) is 11.3 Å². The molecule has 86 valence electrons. The van der Waals surface area contributed by atoms with Crippen molar-refractivity contribution in [2.45, 2.75) is 32.5 Å². The standard InChI is InChI=1S/C10H14F3NS/c1-3-14-8(6-10(11,12)13)9-5-4-7(2)15-9/h4-5,8,14H,3,6H2,1-2H3. The van der Waals surface area contributed by atoms with Gasteiger partial charge in [0.05, 0.1) is 12.5 Å². The maximum Gasteiger partial charge on any atom is 0.390 e. The monoisotopic (exact) mass is 237 g/mol. The minimum absolute atomic E-state index is 0.539. The van der Waals surface area contributed by atoms with Crippen LogP contribution in [-0.4, -0.2) is 12.7 Å². The molecule has 15 heavy (non-hydrogen) atoms. The van der Waals surface area contributed by atoms with Gasteiger partial charge in [-0.05, 0) is 25.6 Å². The van der Waals surface area contributed by atoms with Crippen LogP contribution in [0.15, 0.2) is 12.1 Å². The number of halogens is 3. The molecular weight excluding hydrogens is 223 g/mol. The molecule has 1 N–H and O–H groups in total. The van der Waals surface area contributed by atoms with Crippen molar-refractivity contribution in [1.29, 1.82) is 0 Å². The molecule has 1 unspecified atom stereocenters. The second-order valence-corrected chi connectivity index (χ2v) is 4.70. The van der Waals surface area contributed by atoms with E-state index < -0.39 is 18.6 Å². The van der Waals surface area contributed by atoms with Crippen molar-refractivity contribution in [2.24, 2.45) is 0 Å². The number of rotatable bonds is 4. The Labute approximate surface area is 91.3 Å². The number of nitrogens with one attached hydrogen (secondary N) is 1. The summed E-state index contributed by atoms with van der Waals surface area (Å²) >= 11 is 1.41. The third-order valence-corrected chi connectivity index (χ3v) is 3.11. The quantitative estimate of drug-likeness (QED) is 0.842. The summed E-state index contributed by atoms with van der Waals surface area (Å²) in [5.74, 6) is 0. The van der Waals surface area contributed by atoms with Crippen LogP contribution >= 0.6 is 11.3 Å². The minimum Gasteiger partial charge on any atom is -0.309 e. The van der Waals surface area contributed by atoms with Gasteiger partial charge < -0.3 is 5.32 Å². The van der Waals surface area contributed by atoms with E-state index in [0.29, 0.717) is 6.54 Å². The lowest BCUT2D eigenvalue weighted by molar-refractivity contribution is -0.140. The number of aryl methyl sites for hydroxylation is 1. The summed E-state index contributed by atoms with van der Waals surface area (Å²) in [5.41, 5.74) is 0. The zero-order valence-corrected chi connectivity index (χ0v) is 9.50. The van der Waals surface area contributed by atoms with Crippen LogP contribution < -0.4 is 5.32 Å². The Morgan fingerprint density at radius 2 is 2.07 bits per heavy atom. The molecule has 5 heteroatoms. The Balaban J connectivity index is 2.74. The number of alkyl halides is 3. The molecule has 0 spiro atoms. The van der Waals surface area contributed by atoms with Crippen LogP contribution in [0.25, 0.3) is 0 Å². The molecule has 0 aliphatic heterocycles. The average Bonchev–Trinajstić information content (AvgIpc) is 2.48. The number of thiophene rings is 1. The van der Waals surface area contributed by atoms with E-state index in [2.05, 4.69) is 5.32 Å². The topological polar surface area (TPSA) is 12.0 Å². The predicted molar refractivity (Wildman–Crippen MR) is 56.1 cm³/mol. The van der Waals surface area contributed by atoms with Crippen molar-refractivity contribution < 1.29 is 13.2 Å². The van der Waals surface area contributed by atoms with E-state index in [0.717, 1.165) is 9.75 Å². The van der Waals surface area contributed by atoms with Crippen molar-refractivity contribution >= 4 is 11.3 Å². The summed E-state index contributed by atoms with van der Waals surface area (Å²) in [5, 5.41) is 2.86. The molecule has 1 heterocycles. The lowest BCUT2D eigenvalue weighted by Crippen LogP contribution is -2.25. The molecule has 0 aliphatic rings. The lowest BCUT2D eigenvalue weighted by Gasteiger charge is -2.18. The molecule has 0 aliphatic carbocycles. The highest BCUT2D eigenvalue weighted by molar-refractivity contribution is 7.12. The van der Waals surface area contributed by atoms with Crippen LogP contribution in [0.1, 0.15) is 29.1 Å². The van der Waals surface area contributed by atoms with Gasteiger partial charge in [-0.1, -0.05) is 6.92 Å². The Morgan fingerprint density at radius 3 is 2.47 bits per heavy atom. The average molecular weight is 237 g/mol. The Morgan fingerprint density at radius 1 is 1.40 bits per heavy atom. The molecule has 0 saturated carbocycles. The highest BCUT2D eigenvalue weighted by Gasteiger charge is 2.32.